The molecule has 1 heterocycles. The van der Waals surface area contributed by atoms with Crippen LogP contribution in [0.25, 0.3) is 0 Å². The van der Waals surface area contributed by atoms with Crippen molar-refractivity contribution in [3.63, 3.8) is 0 Å². The zero-order valence-electron chi connectivity index (χ0n) is 12.1. The number of esters is 1. The number of nitrogens with zero attached hydrogens (tertiary/aromatic N) is 2. The predicted octanol–water partition coefficient (Wildman–Crippen LogP) is 3.07. The summed E-state index contributed by atoms with van der Waals surface area (Å²) in [6.07, 6.45) is 1.58. The zero-order valence-corrected chi connectivity index (χ0v) is 12.1. The zero-order chi connectivity index (χ0) is 13.9. The molecular formula is C14H22N2O2. The molecule has 1 rings (SSSR count). The first-order valence-electron chi connectivity index (χ1n) is 6.32. The van der Waals surface area contributed by atoms with Crippen LogP contribution in [0.5, 0.6) is 0 Å². The average Bonchev–Trinajstić information content (AvgIpc) is 2.27. The summed E-state index contributed by atoms with van der Waals surface area (Å²) in [5.74, 6) is 0.564. The van der Waals surface area contributed by atoms with Gasteiger partial charge in [-0.25, -0.2) is 14.8 Å². The van der Waals surface area contributed by atoms with Gasteiger partial charge in [-0.3, -0.25) is 0 Å². The summed E-state index contributed by atoms with van der Waals surface area (Å²) in [4.78, 5) is 20.6. The fourth-order valence-corrected chi connectivity index (χ4v) is 1.56. The molecule has 0 N–H and O–H groups in total. The third kappa shape index (κ3) is 3.28. The number of carbonyl (C=O) groups is 1. The Labute approximate surface area is 109 Å². The normalized spacial score (nSPS) is 11.7. The highest BCUT2D eigenvalue weighted by atomic mass is 16.5. The van der Waals surface area contributed by atoms with Gasteiger partial charge < -0.3 is 4.74 Å². The number of hydrogen-bond acceptors (Lipinski definition) is 4. The van der Waals surface area contributed by atoms with E-state index in [0.717, 1.165) is 11.5 Å². The van der Waals surface area contributed by atoms with E-state index in [1.54, 1.807) is 13.1 Å². The Morgan fingerprint density at radius 1 is 1.39 bits per heavy atom. The van der Waals surface area contributed by atoms with E-state index in [1.165, 1.54) is 0 Å². The summed E-state index contributed by atoms with van der Waals surface area (Å²) in [5, 5.41) is 0. The highest BCUT2D eigenvalue weighted by Crippen LogP contribution is 2.23. The van der Waals surface area contributed by atoms with E-state index >= 15 is 0 Å². The lowest BCUT2D eigenvalue weighted by molar-refractivity contribution is 0.0523. The van der Waals surface area contributed by atoms with E-state index in [1.807, 2.05) is 13.8 Å². The van der Waals surface area contributed by atoms with E-state index in [-0.39, 0.29) is 17.3 Å². The van der Waals surface area contributed by atoms with Crippen LogP contribution in [0.2, 0.25) is 0 Å². The predicted molar refractivity (Wildman–Crippen MR) is 70.8 cm³/mol. The topological polar surface area (TPSA) is 52.1 Å². The van der Waals surface area contributed by atoms with Gasteiger partial charge in [-0.15, -0.1) is 0 Å². The Hall–Kier alpha value is -1.45. The molecule has 1 aromatic heterocycles. The molecule has 0 radical (unpaired) electrons. The summed E-state index contributed by atoms with van der Waals surface area (Å²) in [6, 6.07) is 0. The Kier molecular flexibility index (Phi) is 4.43. The third-order valence-electron chi connectivity index (χ3n) is 2.53. The molecule has 0 spiro atoms. The van der Waals surface area contributed by atoms with Gasteiger partial charge in [0.15, 0.2) is 0 Å². The van der Waals surface area contributed by atoms with Gasteiger partial charge in [0.25, 0.3) is 0 Å². The second-order valence-electron chi connectivity index (χ2n) is 5.62. The molecule has 4 heteroatoms. The maximum absolute atomic E-state index is 11.8. The standard InChI is InChI=1S/C14H22N2O2/c1-7-18-12(17)10-8-15-13(14(4,5)6)16-11(10)9(2)3/h8-9H,7H2,1-6H3. The van der Waals surface area contributed by atoms with Crippen LogP contribution < -0.4 is 0 Å². The molecule has 0 saturated heterocycles. The summed E-state index contributed by atoms with van der Waals surface area (Å²) in [6.45, 7) is 12.3. The molecule has 0 unspecified atom stereocenters. The lowest BCUT2D eigenvalue weighted by Gasteiger charge is -2.19. The van der Waals surface area contributed by atoms with Crippen LogP contribution in [0.15, 0.2) is 6.20 Å². The second kappa shape index (κ2) is 5.46. The minimum absolute atomic E-state index is 0.128. The molecule has 0 aliphatic rings. The van der Waals surface area contributed by atoms with Crippen LogP contribution >= 0.6 is 0 Å². The molecule has 4 nitrogen and oxygen atoms in total. The van der Waals surface area contributed by atoms with Crippen LogP contribution in [-0.4, -0.2) is 22.5 Å². The van der Waals surface area contributed by atoms with E-state index in [0.29, 0.717) is 12.2 Å². The van der Waals surface area contributed by atoms with Gasteiger partial charge >= 0.3 is 5.97 Å². The SMILES string of the molecule is CCOC(=O)c1cnc(C(C)(C)C)nc1C(C)C. The summed E-state index contributed by atoms with van der Waals surface area (Å²) < 4.78 is 5.03. The van der Waals surface area contributed by atoms with Crippen molar-refractivity contribution in [1.29, 1.82) is 0 Å². The van der Waals surface area contributed by atoms with E-state index in [2.05, 4.69) is 30.7 Å². The van der Waals surface area contributed by atoms with Crippen molar-refractivity contribution in [2.75, 3.05) is 6.61 Å². The number of rotatable bonds is 3. The molecule has 18 heavy (non-hydrogen) atoms. The molecule has 0 atom stereocenters. The second-order valence-corrected chi connectivity index (χ2v) is 5.62. The fraction of sp³-hybridized carbons (Fsp3) is 0.643. The molecule has 1 aromatic rings. The monoisotopic (exact) mass is 250 g/mol. The van der Waals surface area contributed by atoms with Crippen LogP contribution in [-0.2, 0) is 10.2 Å². The molecule has 0 amide bonds. The van der Waals surface area contributed by atoms with Gasteiger partial charge in [0.05, 0.1) is 17.9 Å². The quantitative estimate of drug-likeness (QED) is 0.774. The molecule has 0 aromatic carbocycles. The fourth-order valence-electron chi connectivity index (χ4n) is 1.56. The number of aromatic nitrogens is 2. The van der Waals surface area contributed by atoms with Crippen LogP contribution in [0.3, 0.4) is 0 Å². The van der Waals surface area contributed by atoms with Gasteiger partial charge in [0, 0.05) is 11.6 Å². The maximum atomic E-state index is 11.8. The van der Waals surface area contributed by atoms with Crippen molar-refractivity contribution in [2.45, 2.75) is 52.9 Å². The van der Waals surface area contributed by atoms with Crippen molar-refractivity contribution in [1.82, 2.24) is 9.97 Å². The first-order chi connectivity index (χ1) is 8.27. The third-order valence-corrected chi connectivity index (χ3v) is 2.53. The number of carbonyl (C=O) groups excluding carboxylic acids is 1. The Bertz CT molecular complexity index is 434. The van der Waals surface area contributed by atoms with Crippen molar-refractivity contribution in [2.24, 2.45) is 0 Å². The molecular weight excluding hydrogens is 228 g/mol. The minimum Gasteiger partial charge on any atom is -0.462 e. The first-order valence-corrected chi connectivity index (χ1v) is 6.32. The minimum atomic E-state index is -0.346. The van der Waals surface area contributed by atoms with E-state index in [9.17, 15) is 4.79 Å². The molecule has 0 saturated carbocycles. The first kappa shape index (κ1) is 14.6. The molecule has 0 aliphatic heterocycles. The lowest BCUT2D eigenvalue weighted by atomic mass is 9.94. The Morgan fingerprint density at radius 3 is 2.44 bits per heavy atom. The highest BCUT2D eigenvalue weighted by molar-refractivity contribution is 5.90. The van der Waals surface area contributed by atoms with E-state index < -0.39 is 0 Å². The van der Waals surface area contributed by atoms with Crippen LogP contribution in [0.1, 0.15) is 69.3 Å². The molecule has 100 valence electrons. The molecule has 0 aliphatic carbocycles. The molecule has 0 fully saturated rings. The van der Waals surface area contributed by atoms with Gasteiger partial charge in [0.2, 0.25) is 0 Å². The van der Waals surface area contributed by atoms with Crippen molar-refractivity contribution in [3.05, 3.63) is 23.3 Å². The highest BCUT2D eigenvalue weighted by Gasteiger charge is 2.23. The van der Waals surface area contributed by atoms with E-state index in [4.69, 9.17) is 4.74 Å². The van der Waals surface area contributed by atoms with Crippen LogP contribution in [0.4, 0.5) is 0 Å². The Morgan fingerprint density at radius 2 is 2.00 bits per heavy atom. The van der Waals surface area contributed by atoms with Crippen molar-refractivity contribution < 1.29 is 9.53 Å². The summed E-state index contributed by atoms with van der Waals surface area (Å²) >= 11 is 0. The maximum Gasteiger partial charge on any atom is 0.341 e. The molecule has 0 bridgehead atoms. The smallest absolute Gasteiger partial charge is 0.341 e. The van der Waals surface area contributed by atoms with Crippen molar-refractivity contribution >= 4 is 5.97 Å². The van der Waals surface area contributed by atoms with Gasteiger partial charge in [0.1, 0.15) is 5.82 Å². The lowest BCUT2D eigenvalue weighted by Crippen LogP contribution is -2.20. The summed E-state index contributed by atoms with van der Waals surface area (Å²) in [5.41, 5.74) is 1.10. The van der Waals surface area contributed by atoms with Crippen LogP contribution in [0, 0.1) is 0 Å². The Balaban J connectivity index is 3.25. The van der Waals surface area contributed by atoms with Gasteiger partial charge in [-0.1, -0.05) is 34.6 Å². The van der Waals surface area contributed by atoms with Gasteiger partial charge in [-0.05, 0) is 12.8 Å². The number of ether oxygens (including phenoxy) is 1. The van der Waals surface area contributed by atoms with Gasteiger partial charge in [-0.2, -0.15) is 0 Å². The summed E-state index contributed by atoms with van der Waals surface area (Å²) in [7, 11) is 0. The van der Waals surface area contributed by atoms with Crippen molar-refractivity contribution in [3.8, 4) is 0 Å². The largest absolute Gasteiger partial charge is 0.462 e. The average molecular weight is 250 g/mol. The number of hydrogen-bond donors (Lipinski definition) is 0.